The quantitative estimate of drug-likeness (QED) is 0.566. The smallest absolute Gasteiger partial charge is 0.252 e. The lowest BCUT2D eigenvalue weighted by molar-refractivity contribution is -0.122. The zero-order valence-electron chi connectivity index (χ0n) is 17.5. The van der Waals surface area contributed by atoms with E-state index < -0.39 is 10.0 Å². The van der Waals surface area contributed by atoms with Crippen molar-refractivity contribution in [2.75, 3.05) is 33.2 Å². The number of sulfonamides is 1. The van der Waals surface area contributed by atoms with Crippen LogP contribution in [0.25, 0.3) is 0 Å². The topological polar surface area (TPSA) is 69.7 Å². The van der Waals surface area contributed by atoms with Crippen LogP contribution in [0.4, 0.5) is 0 Å². The molecule has 0 unspecified atom stereocenters. The van der Waals surface area contributed by atoms with Crippen molar-refractivity contribution in [3.05, 3.63) is 53.4 Å². The highest BCUT2D eigenvalue weighted by Crippen LogP contribution is 2.27. The van der Waals surface area contributed by atoms with Crippen LogP contribution in [0.15, 0.2) is 52.1 Å². The van der Waals surface area contributed by atoms with E-state index in [0.29, 0.717) is 30.3 Å². The number of amides is 1. The predicted octanol–water partition coefficient (Wildman–Crippen LogP) is 3.18. The van der Waals surface area contributed by atoms with Gasteiger partial charge in [-0.05, 0) is 55.8 Å². The summed E-state index contributed by atoms with van der Waals surface area (Å²) in [5.74, 6) is 0.320. The Morgan fingerprint density at radius 1 is 1.17 bits per heavy atom. The van der Waals surface area contributed by atoms with Crippen molar-refractivity contribution in [1.29, 1.82) is 0 Å². The summed E-state index contributed by atoms with van der Waals surface area (Å²) >= 11 is 1.25. The van der Waals surface area contributed by atoms with Crippen LogP contribution < -0.4 is 5.32 Å². The van der Waals surface area contributed by atoms with Gasteiger partial charge in [-0.2, -0.15) is 4.31 Å². The Labute approximate surface area is 183 Å². The Bertz CT molecular complexity index is 878. The number of carbonyl (C=O) groups excluding carboxylic acids is 1. The standard InChI is InChI=1S/C22H31N3O3S2/c1-24(18-20-7-3-2-4-8-20)13-6-12-23-21(26)17-19-10-14-25(15-11-19)30(27,28)22-9-5-16-29-22/h2-5,7-9,16,19H,6,10-15,17-18H2,1H3,(H,23,26). The molecule has 2 heterocycles. The number of carbonyl (C=O) groups is 1. The average Bonchev–Trinajstić information content (AvgIpc) is 3.28. The molecule has 8 heteroatoms. The largest absolute Gasteiger partial charge is 0.356 e. The van der Waals surface area contributed by atoms with Gasteiger partial charge in [-0.3, -0.25) is 4.79 Å². The van der Waals surface area contributed by atoms with Crippen molar-refractivity contribution in [2.45, 2.75) is 36.4 Å². The minimum atomic E-state index is -3.37. The van der Waals surface area contributed by atoms with Gasteiger partial charge in [0.2, 0.25) is 5.91 Å². The molecule has 1 fully saturated rings. The summed E-state index contributed by atoms with van der Waals surface area (Å²) < 4.78 is 27.1. The first-order valence-corrected chi connectivity index (χ1v) is 12.8. The van der Waals surface area contributed by atoms with Crippen molar-refractivity contribution in [1.82, 2.24) is 14.5 Å². The van der Waals surface area contributed by atoms with E-state index in [-0.39, 0.29) is 11.8 Å². The van der Waals surface area contributed by atoms with Gasteiger partial charge in [0.1, 0.15) is 4.21 Å². The maximum absolute atomic E-state index is 12.6. The third-order valence-electron chi connectivity index (χ3n) is 5.47. The number of thiophene rings is 1. The minimum absolute atomic E-state index is 0.0697. The number of hydrogen-bond acceptors (Lipinski definition) is 5. The molecule has 0 bridgehead atoms. The molecule has 1 amide bonds. The van der Waals surface area contributed by atoms with Crippen LogP contribution in [-0.4, -0.2) is 56.8 Å². The van der Waals surface area contributed by atoms with Gasteiger partial charge in [0.25, 0.3) is 10.0 Å². The lowest BCUT2D eigenvalue weighted by Crippen LogP contribution is -2.39. The lowest BCUT2D eigenvalue weighted by Gasteiger charge is -2.30. The van der Waals surface area contributed by atoms with Crippen LogP contribution in [0.1, 0.15) is 31.2 Å². The first-order chi connectivity index (χ1) is 14.4. The van der Waals surface area contributed by atoms with Gasteiger partial charge in [0.15, 0.2) is 0 Å². The van der Waals surface area contributed by atoms with E-state index in [0.717, 1.165) is 32.4 Å². The molecule has 1 aliphatic heterocycles. The first-order valence-electron chi connectivity index (χ1n) is 10.5. The van der Waals surface area contributed by atoms with E-state index in [1.807, 2.05) is 18.2 Å². The van der Waals surface area contributed by atoms with E-state index in [1.165, 1.54) is 16.9 Å². The van der Waals surface area contributed by atoms with Gasteiger partial charge in [-0.25, -0.2) is 8.42 Å². The van der Waals surface area contributed by atoms with Crippen LogP contribution in [0, 0.1) is 5.92 Å². The molecule has 1 aliphatic rings. The van der Waals surface area contributed by atoms with Crippen LogP contribution >= 0.6 is 11.3 Å². The van der Waals surface area contributed by atoms with Crippen LogP contribution in [-0.2, 0) is 21.4 Å². The highest BCUT2D eigenvalue weighted by atomic mass is 32.2. The second-order valence-corrected chi connectivity index (χ2v) is 11.0. The summed E-state index contributed by atoms with van der Waals surface area (Å²) in [6.45, 7) is 3.48. The predicted molar refractivity (Wildman–Crippen MR) is 121 cm³/mol. The number of hydrogen-bond donors (Lipinski definition) is 1. The molecule has 0 radical (unpaired) electrons. The van der Waals surface area contributed by atoms with Crippen LogP contribution in [0.2, 0.25) is 0 Å². The number of nitrogens with one attached hydrogen (secondary N) is 1. The Hall–Kier alpha value is -1.74. The summed E-state index contributed by atoms with van der Waals surface area (Å²) in [6.07, 6.45) is 2.86. The third kappa shape index (κ3) is 6.63. The van der Waals surface area contributed by atoms with Crippen molar-refractivity contribution >= 4 is 27.3 Å². The van der Waals surface area contributed by atoms with Crippen molar-refractivity contribution < 1.29 is 13.2 Å². The van der Waals surface area contributed by atoms with E-state index in [9.17, 15) is 13.2 Å². The minimum Gasteiger partial charge on any atom is -0.356 e. The van der Waals surface area contributed by atoms with Crippen molar-refractivity contribution in [2.24, 2.45) is 5.92 Å². The molecular weight excluding hydrogens is 418 g/mol. The molecule has 3 rings (SSSR count). The molecule has 1 N–H and O–H groups in total. The summed E-state index contributed by atoms with van der Waals surface area (Å²) in [5, 5.41) is 4.80. The van der Waals surface area contributed by atoms with E-state index in [2.05, 4.69) is 29.4 Å². The van der Waals surface area contributed by atoms with Crippen LogP contribution in [0.5, 0.6) is 0 Å². The molecule has 164 valence electrons. The molecule has 0 atom stereocenters. The van der Waals surface area contributed by atoms with E-state index in [1.54, 1.807) is 21.8 Å². The Kier molecular flexibility index (Phi) is 8.44. The van der Waals surface area contributed by atoms with Gasteiger partial charge in [0, 0.05) is 32.6 Å². The number of piperidine rings is 1. The van der Waals surface area contributed by atoms with Gasteiger partial charge in [-0.1, -0.05) is 36.4 Å². The molecule has 1 aromatic carbocycles. The molecule has 0 spiro atoms. The molecule has 1 saturated heterocycles. The molecule has 1 aromatic heterocycles. The molecule has 0 saturated carbocycles. The fraction of sp³-hybridized carbons (Fsp3) is 0.500. The number of nitrogens with zero attached hydrogens (tertiary/aromatic N) is 2. The normalized spacial score (nSPS) is 16.1. The SMILES string of the molecule is CN(CCCNC(=O)CC1CCN(S(=O)(=O)c2cccs2)CC1)Cc1ccccc1. The second-order valence-electron chi connectivity index (χ2n) is 7.91. The Morgan fingerprint density at radius 3 is 2.57 bits per heavy atom. The number of benzene rings is 1. The average molecular weight is 450 g/mol. The van der Waals surface area contributed by atoms with Crippen molar-refractivity contribution in [3.63, 3.8) is 0 Å². The molecular formula is C22H31N3O3S2. The van der Waals surface area contributed by atoms with Gasteiger partial charge in [-0.15, -0.1) is 11.3 Å². The molecule has 2 aromatic rings. The molecule has 30 heavy (non-hydrogen) atoms. The highest BCUT2D eigenvalue weighted by Gasteiger charge is 2.30. The summed E-state index contributed by atoms with van der Waals surface area (Å²) in [5.41, 5.74) is 1.29. The fourth-order valence-corrected chi connectivity index (χ4v) is 6.39. The van der Waals surface area contributed by atoms with E-state index >= 15 is 0 Å². The molecule has 6 nitrogen and oxygen atoms in total. The maximum Gasteiger partial charge on any atom is 0.252 e. The fourth-order valence-electron chi connectivity index (χ4n) is 3.78. The lowest BCUT2D eigenvalue weighted by atomic mass is 9.94. The first kappa shape index (κ1) is 22.9. The number of rotatable bonds is 10. The highest BCUT2D eigenvalue weighted by molar-refractivity contribution is 7.91. The summed E-state index contributed by atoms with van der Waals surface area (Å²) in [7, 11) is -1.28. The summed E-state index contributed by atoms with van der Waals surface area (Å²) in [6, 6.07) is 13.8. The maximum atomic E-state index is 12.6. The zero-order valence-corrected chi connectivity index (χ0v) is 19.1. The van der Waals surface area contributed by atoms with Crippen LogP contribution in [0.3, 0.4) is 0 Å². The van der Waals surface area contributed by atoms with Gasteiger partial charge >= 0.3 is 0 Å². The third-order valence-corrected chi connectivity index (χ3v) is 8.74. The van der Waals surface area contributed by atoms with Gasteiger partial charge in [0.05, 0.1) is 0 Å². The monoisotopic (exact) mass is 449 g/mol. The second kappa shape index (κ2) is 11.0. The van der Waals surface area contributed by atoms with E-state index in [4.69, 9.17) is 0 Å². The molecule has 0 aliphatic carbocycles. The summed E-state index contributed by atoms with van der Waals surface area (Å²) in [4.78, 5) is 14.5. The zero-order chi connectivity index (χ0) is 21.4. The van der Waals surface area contributed by atoms with Gasteiger partial charge < -0.3 is 10.2 Å². The Morgan fingerprint density at radius 2 is 1.90 bits per heavy atom. The Balaban J connectivity index is 1.30. The van der Waals surface area contributed by atoms with Crippen molar-refractivity contribution in [3.8, 4) is 0 Å².